The van der Waals surface area contributed by atoms with Gasteiger partial charge in [-0.15, -0.1) is 0 Å². The van der Waals surface area contributed by atoms with Gasteiger partial charge >= 0.3 is 0 Å². The second-order valence-corrected chi connectivity index (χ2v) is 6.86. The van der Waals surface area contributed by atoms with Gasteiger partial charge in [-0.05, 0) is 55.2 Å². The Balaban J connectivity index is 2.04. The Bertz CT molecular complexity index is 529. The van der Waals surface area contributed by atoms with Crippen molar-refractivity contribution in [2.75, 3.05) is 6.61 Å². The van der Waals surface area contributed by atoms with E-state index in [9.17, 15) is 4.79 Å². The van der Waals surface area contributed by atoms with E-state index in [0.717, 1.165) is 47.4 Å². The Morgan fingerprint density at radius 2 is 2.11 bits per heavy atom. The number of halogens is 1. The maximum atomic E-state index is 12.2. The first-order valence-electron chi connectivity index (χ1n) is 7.04. The number of ether oxygens (including phenoxy) is 1. The fourth-order valence-corrected chi connectivity index (χ4v) is 3.86. The van der Waals surface area contributed by atoms with E-state index in [1.807, 2.05) is 6.92 Å². The minimum atomic E-state index is -0.406. The highest BCUT2D eigenvalue weighted by Gasteiger charge is 2.36. The normalized spacial score (nSPS) is 28.1. The van der Waals surface area contributed by atoms with E-state index in [1.165, 1.54) is 12.8 Å². The lowest BCUT2D eigenvalue weighted by Crippen LogP contribution is -2.29. The third kappa shape index (κ3) is 2.46. The molecule has 1 saturated heterocycles. The molecule has 19 heavy (non-hydrogen) atoms. The second-order valence-electron chi connectivity index (χ2n) is 5.78. The van der Waals surface area contributed by atoms with Crippen molar-refractivity contribution < 1.29 is 4.74 Å². The van der Waals surface area contributed by atoms with E-state index in [-0.39, 0.29) is 5.56 Å². The van der Waals surface area contributed by atoms with Crippen LogP contribution >= 0.6 is 22.6 Å². The highest BCUT2D eigenvalue weighted by molar-refractivity contribution is 14.1. The topological polar surface area (TPSA) is 55.0 Å². The van der Waals surface area contributed by atoms with E-state index >= 15 is 0 Å². The first-order valence-corrected chi connectivity index (χ1v) is 8.12. The molecular weight excluding hydrogens is 355 g/mol. The third-order valence-corrected chi connectivity index (χ3v) is 5.39. The maximum Gasteiger partial charge on any atom is 0.264 e. The number of aromatic nitrogens is 2. The van der Waals surface area contributed by atoms with E-state index in [1.54, 1.807) is 0 Å². The molecule has 1 unspecified atom stereocenters. The first kappa shape index (κ1) is 13.5. The van der Waals surface area contributed by atoms with Crippen molar-refractivity contribution in [3.8, 4) is 0 Å². The SMILES string of the molecule is CC1(c2nc(C3CCCC3)c(I)c(=O)[nH]2)CCCO1. The van der Waals surface area contributed by atoms with Gasteiger partial charge in [0.1, 0.15) is 11.4 Å². The molecule has 1 saturated carbocycles. The van der Waals surface area contributed by atoms with Gasteiger partial charge in [0, 0.05) is 12.5 Å². The Morgan fingerprint density at radius 3 is 2.74 bits per heavy atom. The summed E-state index contributed by atoms with van der Waals surface area (Å²) < 4.78 is 6.56. The van der Waals surface area contributed by atoms with Gasteiger partial charge in [0.15, 0.2) is 0 Å². The van der Waals surface area contributed by atoms with Crippen molar-refractivity contribution in [3.05, 3.63) is 25.4 Å². The van der Waals surface area contributed by atoms with Crippen molar-refractivity contribution in [1.29, 1.82) is 0 Å². The van der Waals surface area contributed by atoms with Gasteiger partial charge in [-0.2, -0.15) is 0 Å². The number of nitrogens with one attached hydrogen (secondary N) is 1. The van der Waals surface area contributed by atoms with Crippen LogP contribution in [0.25, 0.3) is 0 Å². The zero-order valence-corrected chi connectivity index (χ0v) is 13.3. The monoisotopic (exact) mass is 374 g/mol. The van der Waals surface area contributed by atoms with Crippen LogP contribution in [0.3, 0.4) is 0 Å². The summed E-state index contributed by atoms with van der Waals surface area (Å²) in [6, 6.07) is 0. The molecule has 0 bridgehead atoms. The molecule has 0 amide bonds. The molecule has 2 fully saturated rings. The molecule has 1 aliphatic heterocycles. The summed E-state index contributed by atoms with van der Waals surface area (Å²) in [6.07, 6.45) is 6.77. The van der Waals surface area contributed by atoms with Crippen LogP contribution in [0.1, 0.15) is 62.9 Å². The summed E-state index contributed by atoms with van der Waals surface area (Å²) in [6.45, 7) is 2.79. The van der Waals surface area contributed by atoms with Crippen LogP contribution in [0.15, 0.2) is 4.79 Å². The van der Waals surface area contributed by atoms with Gasteiger partial charge in [0.25, 0.3) is 5.56 Å². The molecule has 1 aromatic heterocycles. The number of H-pyrrole nitrogens is 1. The molecule has 1 atom stereocenters. The predicted molar refractivity (Wildman–Crippen MR) is 81.3 cm³/mol. The highest BCUT2D eigenvalue weighted by atomic mass is 127. The van der Waals surface area contributed by atoms with Crippen LogP contribution in [0.5, 0.6) is 0 Å². The molecule has 104 valence electrons. The van der Waals surface area contributed by atoms with Gasteiger partial charge in [0.05, 0.1) is 9.26 Å². The molecule has 5 heteroatoms. The molecule has 3 rings (SSSR count). The summed E-state index contributed by atoms with van der Waals surface area (Å²) >= 11 is 2.13. The third-order valence-electron chi connectivity index (χ3n) is 4.35. The van der Waals surface area contributed by atoms with Gasteiger partial charge in [-0.3, -0.25) is 4.79 Å². The number of nitrogens with zero attached hydrogens (tertiary/aromatic N) is 1. The van der Waals surface area contributed by atoms with Crippen LogP contribution < -0.4 is 5.56 Å². The number of rotatable bonds is 2. The Hall–Kier alpha value is -0.430. The zero-order chi connectivity index (χ0) is 13.5. The smallest absolute Gasteiger partial charge is 0.264 e. The molecule has 4 nitrogen and oxygen atoms in total. The maximum absolute atomic E-state index is 12.2. The second kappa shape index (κ2) is 5.16. The average Bonchev–Trinajstić information content (AvgIpc) is 3.04. The van der Waals surface area contributed by atoms with Gasteiger partial charge in [-0.1, -0.05) is 12.8 Å². The van der Waals surface area contributed by atoms with E-state index in [0.29, 0.717) is 5.92 Å². The summed E-state index contributed by atoms with van der Waals surface area (Å²) in [4.78, 5) is 19.9. The van der Waals surface area contributed by atoms with Crippen LogP contribution in [-0.2, 0) is 10.3 Å². The Kier molecular flexibility index (Phi) is 3.68. The molecule has 0 radical (unpaired) electrons. The van der Waals surface area contributed by atoms with Crippen LogP contribution in [0.4, 0.5) is 0 Å². The molecule has 1 aromatic rings. The summed E-state index contributed by atoms with van der Waals surface area (Å²) in [5.41, 5.74) is 0.578. The van der Waals surface area contributed by atoms with Crippen molar-refractivity contribution in [2.24, 2.45) is 0 Å². The fraction of sp³-hybridized carbons (Fsp3) is 0.714. The highest BCUT2D eigenvalue weighted by Crippen LogP contribution is 2.37. The number of aromatic amines is 1. The Morgan fingerprint density at radius 1 is 1.37 bits per heavy atom. The van der Waals surface area contributed by atoms with Gasteiger partial charge < -0.3 is 9.72 Å². The molecule has 2 heterocycles. The summed E-state index contributed by atoms with van der Waals surface area (Å²) in [5, 5.41) is 0. The minimum absolute atomic E-state index is 0.00998. The van der Waals surface area contributed by atoms with Crippen molar-refractivity contribution in [2.45, 2.75) is 57.0 Å². The molecule has 0 spiro atoms. The largest absolute Gasteiger partial charge is 0.367 e. The summed E-state index contributed by atoms with van der Waals surface area (Å²) in [7, 11) is 0. The number of hydrogen-bond donors (Lipinski definition) is 1. The molecule has 0 aromatic carbocycles. The zero-order valence-electron chi connectivity index (χ0n) is 11.2. The van der Waals surface area contributed by atoms with Crippen LogP contribution in [-0.4, -0.2) is 16.6 Å². The van der Waals surface area contributed by atoms with Crippen molar-refractivity contribution in [3.63, 3.8) is 0 Å². The number of hydrogen-bond acceptors (Lipinski definition) is 3. The molecule has 1 N–H and O–H groups in total. The van der Waals surface area contributed by atoms with Gasteiger partial charge in [0.2, 0.25) is 0 Å². The molecular formula is C14H19IN2O2. The lowest BCUT2D eigenvalue weighted by Gasteiger charge is -2.23. The average molecular weight is 374 g/mol. The Labute approximate surface area is 126 Å². The summed E-state index contributed by atoms with van der Waals surface area (Å²) in [5.74, 6) is 1.18. The van der Waals surface area contributed by atoms with Crippen molar-refractivity contribution in [1.82, 2.24) is 9.97 Å². The standard InChI is InChI=1S/C14H19IN2O2/c1-14(7-4-8-19-14)13-16-11(9-5-2-3-6-9)10(15)12(18)17-13/h9H,2-8H2,1H3,(H,16,17,18). The molecule has 2 aliphatic rings. The van der Waals surface area contributed by atoms with Crippen LogP contribution in [0.2, 0.25) is 0 Å². The molecule has 1 aliphatic carbocycles. The van der Waals surface area contributed by atoms with Gasteiger partial charge in [-0.25, -0.2) is 4.98 Å². The first-order chi connectivity index (χ1) is 9.10. The predicted octanol–water partition coefficient (Wildman–Crippen LogP) is 3.06. The van der Waals surface area contributed by atoms with E-state index in [2.05, 4.69) is 27.6 Å². The van der Waals surface area contributed by atoms with Crippen LogP contribution in [0, 0.1) is 3.57 Å². The lowest BCUT2D eigenvalue weighted by molar-refractivity contribution is 0.00884. The minimum Gasteiger partial charge on any atom is -0.367 e. The van der Waals surface area contributed by atoms with E-state index < -0.39 is 5.60 Å². The fourth-order valence-electron chi connectivity index (χ4n) is 3.16. The quantitative estimate of drug-likeness (QED) is 0.810. The van der Waals surface area contributed by atoms with Crippen molar-refractivity contribution >= 4 is 22.6 Å². The lowest BCUT2D eigenvalue weighted by atomic mass is 10.00. The van der Waals surface area contributed by atoms with E-state index in [4.69, 9.17) is 9.72 Å².